The molecule has 2 N–H and O–H groups in total. The lowest BCUT2D eigenvalue weighted by Crippen LogP contribution is -2.11. The number of nitrogens with one attached hydrogen (secondary N) is 2. The van der Waals surface area contributed by atoms with Crippen LogP contribution < -0.4 is 10.0 Å². The highest BCUT2D eigenvalue weighted by Gasteiger charge is 2.16. The van der Waals surface area contributed by atoms with Crippen molar-refractivity contribution in [2.75, 3.05) is 10.0 Å². The lowest BCUT2D eigenvalue weighted by atomic mass is 10.1. The normalized spacial score (nSPS) is 11.3. The van der Waals surface area contributed by atoms with Gasteiger partial charge in [0.05, 0.1) is 11.9 Å². The molecule has 25 heavy (non-hydrogen) atoms. The predicted octanol–water partition coefficient (Wildman–Crippen LogP) is 4.61. The Kier molecular flexibility index (Phi) is 4.78. The second kappa shape index (κ2) is 6.85. The first-order chi connectivity index (χ1) is 11.8. The molecule has 0 aliphatic rings. The maximum atomic E-state index is 12.3. The Morgan fingerprint density at radius 3 is 2.28 bits per heavy atom. The van der Waals surface area contributed by atoms with Gasteiger partial charge in [-0.3, -0.25) is 4.72 Å². The van der Waals surface area contributed by atoms with Gasteiger partial charge >= 0.3 is 0 Å². The van der Waals surface area contributed by atoms with Crippen LogP contribution in [0.2, 0.25) is 0 Å². The van der Waals surface area contributed by atoms with Crippen LogP contribution in [0.4, 0.5) is 17.2 Å². The van der Waals surface area contributed by atoms with Crippen LogP contribution in [0.3, 0.4) is 0 Å². The molecule has 0 fully saturated rings. The smallest absolute Gasteiger partial charge is 0.271 e. The van der Waals surface area contributed by atoms with Gasteiger partial charge in [0.1, 0.15) is 10.0 Å². The maximum absolute atomic E-state index is 12.3. The van der Waals surface area contributed by atoms with Gasteiger partial charge in [0.2, 0.25) is 0 Å². The molecule has 130 valence electrons. The molecule has 0 saturated heterocycles. The molecular weight excluding hydrogens is 354 g/mol. The summed E-state index contributed by atoms with van der Waals surface area (Å²) in [5.41, 5.74) is 3.79. The van der Waals surface area contributed by atoms with Gasteiger partial charge < -0.3 is 5.32 Å². The van der Waals surface area contributed by atoms with Gasteiger partial charge in [-0.1, -0.05) is 6.07 Å². The minimum atomic E-state index is -3.57. The molecule has 0 saturated carbocycles. The van der Waals surface area contributed by atoms with Gasteiger partial charge in [0.15, 0.2) is 0 Å². The molecule has 0 radical (unpaired) electrons. The van der Waals surface area contributed by atoms with Gasteiger partial charge in [-0.05, 0) is 68.3 Å². The summed E-state index contributed by atoms with van der Waals surface area (Å²) in [7, 11) is -3.57. The van der Waals surface area contributed by atoms with Crippen LogP contribution in [0.25, 0.3) is 0 Å². The molecule has 2 heterocycles. The number of aryl methyl sites for hydroxylation is 3. The molecule has 0 amide bonds. The van der Waals surface area contributed by atoms with Crippen molar-refractivity contribution < 1.29 is 8.42 Å². The van der Waals surface area contributed by atoms with Crippen LogP contribution in [0.1, 0.15) is 16.0 Å². The van der Waals surface area contributed by atoms with E-state index >= 15 is 0 Å². The van der Waals surface area contributed by atoms with Crippen LogP contribution in [0.15, 0.2) is 52.9 Å². The third-order valence-electron chi connectivity index (χ3n) is 3.78. The first kappa shape index (κ1) is 17.4. The van der Waals surface area contributed by atoms with Crippen molar-refractivity contribution in [1.29, 1.82) is 0 Å². The van der Waals surface area contributed by atoms with Gasteiger partial charge in [0.25, 0.3) is 10.0 Å². The van der Waals surface area contributed by atoms with Crippen molar-refractivity contribution in [3.05, 3.63) is 64.7 Å². The fourth-order valence-electron chi connectivity index (χ4n) is 2.26. The molecule has 0 unspecified atom stereocenters. The van der Waals surface area contributed by atoms with E-state index < -0.39 is 10.0 Å². The van der Waals surface area contributed by atoms with E-state index in [-0.39, 0.29) is 0 Å². The molecule has 2 aromatic heterocycles. The van der Waals surface area contributed by atoms with Crippen LogP contribution in [0, 0.1) is 20.8 Å². The summed E-state index contributed by atoms with van der Waals surface area (Å²) in [6.07, 6.45) is 1.50. The summed E-state index contributed by atoms with van der Waals surface area (Å²) in [4.78, 5) is 5.22. The van der Waals surface area contributed by atoms with E-state index in [1.165, 1.54) is 28.7 Å². The average molecular weight is 374 g/mol. The highest BCUT2D eigenvalue weighted by Crippen LogP contribution is 2.24. The lowest BCUT2D eigenvalue weighted by molar-refractivity contribution is 0.603. The number of nitrogens with zero attached hydrogens (tertiary/aromatic N) is 1. The number of hydrogen-bond acceptors (Lipinski definition) is 5. The van der Waals surface area contributed by atoms with Crippen LogP contribution in [-0.2, 0) is 10.0 Å². The third kappa shape index (κ3) is 4.18. The van der Waals surface area contributed by atoms with Crippen molar-refractivity contribution in [2.45, 2.75) is 25.0 Å². The summed E-state index contributed by atoms with van der Waals surface area (Å²) in [6.45, 7) is 5.99. The zero-order valence-corrected chi connectivity index (χ0v) is 15.8. The van der Waals surface area contributed by atoms with E-state index in [1.54, 1.807) is 24.3 Å². The van der Waals surface area contributed by atoms with Crippen LogP contribution >= 0.6 is 11.3 Å². The highest BCUT2D eigenvalue weighted by molar-refractivity contribution is 7.94. The molecule has 0 atom stereocenters. The predicted molar refractivity (Wildman–Crippen MR) is 103 cm³/mol. The van der Waals surface area contributed by atoms with E-state index in [9.17, 15) is 8.42 Å². The number of benzene rings is 1. The summed E-state index contributed by atoms with van der Waals surface area (Å²) >= 11 is 1.24. The van der Waals surface area contributed by atoms with E-state index in [0.717, 1.165) is 10.6 Å². The molecule has 5 nitrogen and oxygen atoms in total. The van der Waals surface area contributed by atoms with Crippen molar-refractivity contribution in [1.82, 2.24) is 4.98 Å². The second-order valence-electron chi connectivity index (χ2n) is 5.83. The third-order valence-corrected chi connectivity index (χ3v) is 6.65. The quantitative estimate of drug-likeness (QED) is 0.685. The summed E-state index contributed by atoms with van der Waals surface area (Å²) in [6, 6.07) is 12.9. The average Bonchev–Trinajstić information content (AvgIpc) is 3.00. The Morgan fingerprint density at radius 2 is 1.68 bits per heavy atom. The highest BCUT2D eigenvalue weighted by atomic mass is 32.2. The summed E-state index contributed by atoms with van der Waals surface area (Å²) in [5, 5.41) is 3.21. The zero-order valence-electron chi connectivity index (χ0n) is 14.2. The lowest BCUT2D eigenvalue weighted by Gasteiger charge is -2.09. The minimum absolute atomic E-state index is 0.294. The number of rotatable bonds is 5. The molecule has 7 heteroatoms. The Labute approximate surface area is 151 Å². The molecule has 0 aliphatic carbocycles. The maximum Gasteiger partial charge on any atom is 0.271 e. The monoisotopic (exact) mass is 373 g/mol. The van der Waals surface area contributed by atoms with Crippen LogP contribution in [0.5, 0.6) is 0 Å². The van der Waals surface area contributed by atoms with Crippen molar-refractivity contribution >= 4 is 38.6 Å². The van der Waals surface area contributed by atoms with Gasteiger partial charge in [-0.2, -0.15) is 0 Å². The zero-order chi connectivity index (χ0) is 18.0. The Morgan fingerprint density at radius 1 is 0.920 bits per heavy atom. The molecule has 0 bridgehead atoms. The summed E-state index contributed by atoms with van der Waals surface area (Å²) in [5.74, 6) is 0.651. The molecular formula is C18H19N3O2S2. The van der Waals surface area contributed by atoms with Crippen LogP contribution in [-0.4, -0.2) is 13.4 Å². The number of pyridine rings is 1. The van der Waals surface area contributed by atoms with Gasteiger partial charge in [-0.25, -0.2) is 13.4 Å². The second-order valence-corrected chi connectivity index (χ2v) is 9.02. The first-order valence-electron chi connectivity index (χ1n) is 7.73. The summed E-state index contributed by atoms with van der Waals surface area (Å²) < 4.78 is 27.5. The number of anilines is 3. The number of hydrogen-bond donors (Lipinski definition) is 2. The molecule has 3 rings (SSSR count). The topological polar surface area (TPSA) is 71.1 Å². The molecule has 3 aromatic rings. The molecule has 0 aliphatic heterocycles. The van der Waals surface area contributed by atoms with E-state index in [1.807, 2.05) is 25.1 Å². The largest absolute Gasteiger partial charge is 0.340 e. The number of sulfonamides is 1. The minimum Gasteiger partial charge on any atom is -0.340 e. The van der Waals surface area contributed by atoms with Gasteiger partial charge in [-0.15, -0.1) is 11.3 Å². The van der Waals surface area contributed by atoms with Crippen molar-refractivity contribution in [3.63, 3.8) is 0 Å². The standard InChI is InChI=1S/C18H19N3O2S2/c1-12-4-6-15(10-13(12)2)20-17-8-7-16(11-19-17)21-25(22,23)18-9-5-14(3)24-18/h4-11,21H,1-3H3,(H,19,20). The number of thiophene rings is 1. The molecule has 0 spiro atoms. The van der Waals surface area contributed by atoms with E-state index in [4.69, 9.17) is 0 Å². The Hall–Kier alpha value is -2.38. The van der Waals surface area contributed by atoms with Crippen molar-refractivity contribution in [3.8, 4) is 0 Å². The SMILES string of the molecule is Cc1ccc(S(=O)(=O)Nc2ccc(Nc3ccc(C)c(C)c3)nc2)s1. The van der Waals surface area contributed by atoms with E-state index in [0.29, 0.717) is 15.7 Å². The fraction of sp³-hybridized carbons (Fsp3) is 0.167. The fourth-order valence-corrected chi connectivity index (χ4v) is 4.58. The molecule has 1 aromatic carbocycles. The Balaban J connectivity index is 1.72. The Bertz CT molecular complexity index is 993. The first-order valence-corrected chi connectivity index (χ1v) is 10.0. The number of aromatic nitrogens is 1. The van der Waals surface area contributed by atoms with Gasteiger partial charge in [0, 0.05) is 10.6 Å². The van der Waals surface area contributed by atoms with E-state index in [2.05, 4.69) is 28.9 Å². The van der Waals surface area contributed by atoms with Crippen molar-refractivity contribution in [2.24, 2.45) is 0 Å².